The molecule has 0 aliphatic heterocycles. The Kier molecular flexibility index (Phi) is 6.03. The van der Waals surface area contributed by atoms with E-state index in [1.165, 1.54) is 0 Å². The van der Waals surface area contributed by atoms with Crippen LogP contribution in [0.2, 0.25) is 0 Å². The average molecular weight is 263 g/mol. The predicted molar refractivity (Wildman–Crippen MR) is 83.4 cm³/mol. The van der Waals surface area contributed by atoms with E-state index in [2.05, 4.69) is 0 Å². The maximum absolute atomic E-state index is 11.1. The van der Waals surface area contributed by atoms with Crippen molar-refractivity contribution in [2.45, 2.75) is 6.54 Å². The first-order valence-corrected chi connectivity index (χ1v) is 6.14. The Morgan fingerprint density at radius 2 is 1.75 bits per heavy atom. The van der Waals surface area contributed by atoms with Crippen molar-refractivity contribution in [3.63, 3.8) is 0 Å². The Bertz CT molecular complexity index is 582. The predicted octanol–water partition coefficient (Wildman–Crippen LogP) is 2.46. The van der Waals surface area contributed by atoms with Crippen molar-refractivity contribution in [3.05, 3.63) is 59.7 Å². The maximum atomic E-state index is 11.1. The van der Waals surface area contributed by atoms with Gasteiger partial charge in [-0.05, 0) is 42.9 Å². The Hall–Kier alpha value is -1.53. The Balaban J connectivity index is 0.00000200. The molecule has 0 spiro atoms. The fourth-order valence-corrected chi connectivity index (χ4v) is 2.10. The Labute approximate surface area is 131 Å². The van der Waals surface area contributed by atoms with Gasteiger partial charge >= 0.3 is 24.8 Å². The molecular formula is C16H18LiNO2. The summed E-state index contributed by atoms with van der Waals surface area (Å²) < 4.78 is 0. The van der Waals surface area contributed by atoms with Gasteiger partial charge in [0.25, 0.3) is 0 Å². The second-order valence-electron chi connectivity index (χ2n) is 4.78. The SMILES string of the molecule is CN(C)Cc1cc(C(=O)O)ccc1-c1ccccc1.[LiH]. The molecule has 0 saturated heterocycles. The van der Waals surface area contributed by atoms with Gasteiger partial charge in [0.2, 0.25) is 0 Å². The van der Waals surface area contributed by atoms with Crippen molar-refractivity contribution < 1.29 is 9.90 Å². The van der Waals surface area contributed by atoms with Gasteiger partial charge in [0.05, 0.1) is 5.56 Å². The summed E-state index contributed by atoms with van der Waals surface area (Å²) in [5.41, 5.74) is 3.54. The van der Waals surface area contributed by atoms with Crippen molar-refractivity contribution in [1.29, 1.82) is 0 Å². The van der Waals surface area contributed by atoms with E-state index in [1.54, 1.807) is 12.1 Å². The van der Waals surface area contributed by atoms with Gasteiger partial charge in [-0.25, -0.2) is 4.79 Å². The summed E-state index contributed by atoms with van der Waals surface area (Å²) in [6.07, 6.45) is 0. The monoisotopic (exact) mass is 263 g/mol. The molecule has 100 valence electrons. The summed E-state index contributed by atoms with van der Waals surface area (Å²) in [5.74, 6) is -0.889. The Morgan fingerprint density at radius 3 is 2.30 bits per heavy atom. The van der Waals surface area contributed by atoms with E-state index < -0.39 is 5.97 Å². The number of rotatable bonds is 4. The second-order valence-corrected chi connectivity index (χ2v) is 4.78. The number of hydrogen-bond acceptors (Lipinski definition) is 2. The van der Waals surface area contributed by atoms with E-state index in [0.29, 0.717) is 12.1 Å². The number of nitrogens with zero attached hydrogens (tertiary/aromatic N) is 1. The zero-order chi connectivity index (χ0) is 13.8. The van der Waals surface area contributed by atoms with E-state index in [-0.39, 0.29) is 18.9 Å². The van der Waals surface area contributed by atoms with Crippen LogP contribution in [-0.2, 0) is 6.54 Å². The number of aromatic carboxylic acids is 1. The summed E-state index contributed by atoms with van der Waals surface area (Å²) in [4.78, 5) is 13.1. The second kappa shape index (κ2) is 7.30. The molecule has 0 fully saturated rings. The zero-order valence-corrected chi connectivity index (χ0v) is 11.1. The van der Waals surface area contributed by atoms with Crippen LogP contribution in [0.4, 0.5) is 0 Å². The molecule has 1 N–H and O–H groups in total. The third-order valence-electron chi connectivity index (χ3n) is 2.92. The third kappa shape index (κ3) is 3.98. The topological polar surface area (TPSA) is 40.5 Å². The van der Waals surface area contributed by atoms with Gasteiger partial charge < -0.3 is 10.0 Å². The molecule has 2 aromatic carbocycles. The minimum atomic E-state index is -0.889. The molecule has 0 aromatic heterocycles. The first kappa shape index (κ1) is 16.5. The van der Waals surface area contributed by atoms with Crippen LogP contribution in [0.15, 0.2) is 48.5 Å². The molecule has 0 heterocycles. The number of carboxylic acids is 1. The first-order valence-electron chi connectivity index (χ1n) is 6.14. The van der Waals surface area contributed by atoms with Crippen LogP contribution in [0, 0.1) is 0 Å². The number of carbonyl (C=O) groups is 1. The fourth-order valence-electron chi connectivity index (χ4n) is 2.10. The van der Waals surface area contributed by atoms with Crippen molar-refractivity contribution >= 4 is 24.8 Å². The quantitative estimate of drug-likeness (QED) is 0.861. The minimum absolute atomic E-state index is 0. The van der Waals surface area contributed by atoms with Gasteiger partial charge in [-0.2, -0.15) is 0 Å². The molecule has 2 rings (SSSR count). The van der Waals surface area contributed by atoms with Crippen LogP contribution >= 0.6 is 0 Å². The summed E-state index contributed by atoms with van der Waals surface area (Å²) in [7, 11) is 3.95. The molecule has 0 atom stereocenters. The van der Waals surface area contributed by atoms with Crippen LogP contribution in [-0.4, -0.2) is 48.9 Å². The summed E-state index contributed by atoms with van der Waals surface area (Å²) in [6.45, 7) is 0.714. The molecule has 0 aliphatic rings. The van der Waals surface area contributed by atoms with Gasteiger partial charge in [0.1, 0.15) is 0 Å². The molecule has 2 aromatic rings. The number of benzene rings is 2. The summed E-state index contributed by atoms with van der Waals surface area (Å²) in [5, 5.41) is 9.09. The fraction of sp³-hybridized carbons (Fsp3) is 0.188. The normalized spacial score (nSPS) is 10.2. The molecule has 20 heavy (non-hydrogen) atoms. The molecule has 0 aliphatic carbocycles. The molecule has 0 amide bonds. The average Bonchev–Trinajstić information content (AvgIpc) is 2.39. The van der Waals surface area contributed by atoms with E-state index >= 15 is 0 Å². The first-order chi connectivity index (χ1) is 9.08. The number of hydrogen-bond donors (Lipinski definition) is 1. The van der Waals surface area contributed by atoms with Crippen LogP contribution in [0.5, 0.6) is 0 Å². The van der Waals surface area contributed by atoms with Gasteiger partial charge in [-0.15, -0.1) is 0 Å². The van der Waals surface area contributed by atoms with Crippen LogP contribution in [0.3, 0.4) is 0 Å². The van der Waals surface area contributed by atoms with Gasteiger partial charge in [-0.3, -0.25) is 0 Å². The molecule has 0 radical (unpaired) electrons. The van der Waals surface area contributed by atoms with Gasteiger partial charge in [0, 0.05) is 6.54 Å². The summed E-state index contributed by atoms with van der Waals surface area (Å²) in [6, 6.07) is 15.3. The van der Waals surface area contributed by atoms with Crippen LogP contribution in [0.1, 0.15) is 15.9 Å². The van der Waals surface area contributed by atoms with Crippen molar-refractivity contribution in [3.8, 4) is 11.1 Å². The van der Waals surface area contributed by atoms with Gasteiger partial charge in [-0.1, -0.05) is 36.4 Å². The molecule has 0 unspecified atom stereocenters. The van der Waals surface area contributed by atoms with Crippen LogP contribution in [0.25, 0.3) is 11.1 Å². The third-order valence-corrected chi connectivity index (χ3v) is 2.92. The van der Waals surface area contributed by atoms with E-state index in [0.717, 1.165) is 16.7 Å². The summed E-state index contributed by atoms with van der Waals surface area (Å²) >= 11 is 0. The van der Waals surface area contributed by atoms with Crippen molar-refractivity contribution in [1.82, 2.24) is 4.90 Å². The molecular weight excluding hydrogens is 245 g/mol. The molecule has 0 saturated carbocycles. The van der Waals surface area contributed by atoms with Gasteiger partial charge in [0.15, 0.2) is 0 Å². The van der Waals surface area contributed by atoms with Crippen molar-refractivity contribution in [2.24, 2.45) is 0 Å². The standard InChI is InChI=1S/C16H17NO2.Li.H/c1-17(2)11-14-10-13(16(18)19)8-9-15(14)12-6-4-3-5-7-12;;/h3-10H,11H2,1-2H3,(H,18,19);;. The van der Waals surface area contributed by atoms with E-state index in [4.69, 9.17) is 5.11 Å². The van der Waals surface area contributed by atoms with E-state index in [9.17, 15) is 4.79 Å². The van der Waals surface area contributed by atoms with Crippen molar-refractivity contribution in [2.75, 3.05) is 14.1 Å². The van der Waals surface area contributed by atoms with E-state index in [1.807, 2.05) is 55.4 Å². The zero-order valence-electron chi connectivity index (χ0n) is 11.1. The molecule has 3 nitrogen and oxygen atoms in total. The molecule has 4 heteroatoms. The number of carboxylic acid groups (broad SMARTS) is 1. The Morgan fingerprint density at radius 1 is 1.10 bits per heavy atom. The van der Waals surface area contributed by atoms with Crippen LogP contribution < -0.4 is 0 Å². The molecule has 0 bridgehead atoms.